The van der Waals surface area contributed by atoms with Gasteiger partial charge in [-0.15, -0.1) is 0 Å². The van der Waals surface area contributed by atoms with Crippen molar-refractivity contribution in [3.63, 3.8) is 0 Å². The van der Waals surface area contributed by atoms with Crippen LogP contribution >= 0.6 is 0 Å². The Hall–Kier alpha value is -3.19. The minimum absolute atomic E-state index is 0.0743. The molecule has 0 saturated heterocycles. The molecule has 4 rings (SSSR count). The molecule has 7 nitrogen and oxygen atoms in total. The number of hydrogen-bond acceptors (Lipinski definition) is 6. The van der Waals surface area contributed by atoms with Gasteiger partial charge in [-0.25, -0.2) is 4.98 Å². The molecule has 0 amide bonds. The lowest BCUT2D eigenvalue weighted by atomic mass is 10.1. The summed E-state index contributed by atoms with van der Waals surface area (Å²) in [6.45, 7) is 6.12. The van der Waals surface area contributed by atoms with E-state index in [0.717, 1.165) is 53.4 Å². The van der Waals surface area contributed by atoms with Crippen molar-refractivity contribution in [1.82, 2.24) is 19.9 Å². The van der Waals surface area contributed by atoms with Crippen LogP contribution in [-0.4, -0.2) is 39.6 Å². The molecular weight excluding hydrogens is 380 g/mol. The van der Waals surface area contributed by atoms with Crippen molar-refractivity contribution in [2.75, 3.05) is 13.7 Å². The average molecular weight is 406 g/mol. The number of nitrogens with zero attached hydrogens (tertiary/aromatic N) is 3. The van der Waals surface area contributed by atoms with Crippen molar-refractivity contribution in [2.45, 2.75) is 39.5 Å². The van der Waals surface area contributed by atoms with Gasteiger partial charge in [0.2, 0.25) is 0 Å². The molecule has 1 aliphatic heterocycles. The summed E-state index contributed by atoms with van der Waals surface area (Å²) in [4.78, 5) is 26.6. The first-order chi connectivity index (χ1) is 14.5. The van der Waals surface area contributed by atoms with Crippen LogP contribution in [0.25, 0.3) is 11.4 Å². The third-order valence-electron chi connectivity index (χ3n) is 5.10. The van der Waals surface area contributed by atoms with Crippen LogP contribution in [0.2, 0.25) is 0 Å². The van der Waals surface area contributed by atoms with Gasteiger partial charge in [-0.05, 0) is 43.7 Å². The molecule has 0 spiro atoms. The molecule has 1 aromatic carbocycles. The fourth-order valence-electron chi connectivity index (χ4n) is 3.68. The number of H-pyrrole nitrogens is 1. The lowest BCUT2D eigenvalue weighted by molar-refractivity contribution is 0.228. The first-order valence-electron chi connectivity index (χ1n) is 10.1. The molecular formula is C23H26N4O3. The van der Waals surface area contributed by atoms with Crippen molar-refractivity contribution in [2.24, 2.45) is 0 Å². The summed E-state index contributed by atoms with van der Waals surface area (Å²) in [6.07, 6.45) is 4.22. The highest BCUT2D eigenvalue weighted by Crippen LogP contribution is 2.30. The lowest BCUT2D eigenvalue weighted by Crippen LogP contribution is -2.35. The Morgan fingerprint density at radius 1 is 1.17 bits per heavy atom. The zero-order valence-electron chi connectivity index (χ0n) is 17.5. The van der Waals surface area contributed by atoms with Gasteiger partial charge in [-0.2, -0.15) is 0 Å². The van der Waals surface area contributed by atoms with E-state index in [-0.39, 0.29) is 11.7 Å². The Morgan fingerprint density at radius 3 is 2.70 bits per heavy atom. The number of fused-ring (bicyclic) bond motifs is 1. The van der Waals surface area contributed by atoms with Crippen LogP contribution in [0.4, 0.5) is 0 Å². The molecule has 156 valence electrons. The minimum atomic E-state index is -0.0743. The van der Waals surface area contributed by atoms with Crippen molar-refractivity contribution in [3.8, 4) is 22.9 Å². The number of nitrogens with one attached hydrogen (secondary N) is 1. The summed E-state index contributed by atoms with van der Waals surface area (Å²) in [6, 6.07) is 9.69. The second-order valence-electron chi connectivity index (χ2n) is 7.69. The molecule has 0 radical (unpaired) electrons. The summed E-state index contributed by atoms with van der Waals surface area (Å²) in [5.74, 6) is 2.06. The molecule has 0 atom stereocenters. The predicted octanol–water partition coefficient (Wildman–Crippen LogP) is 3.19. The maximum absolute atomic E-state index is 12.7. The Balaban J connectivity index is 1.52. The Morgan fingerprint density at radius 2 is 1.97 bits per heavy atom. The van der Waals surface area contributed by atoms with E-state index in [4.69, 9.17) is 14.5 Å². The van der Waals surface area contributed by atoms with Gasteiger partial charge in [0.15, 0.2) is 11.5 Å². The smallest absolute Gasteiger partial charge is 0.255 e. The third-order valence-corrected chi connectivity index (χ3v) is 5.10. The van der Waals surface area contributed by atoms with Gasteiger partial charge in [-0.1, -0.05) is 6.07 Å². The number of hydrogen-bond donors (Lipinski definition) is 1. The fraction of sp³-hybridized carbons (Fsp3) is 0.348. The summed E-state index contributed by atoms with van der Waals surface area (Å²) in [5.41, 5.74) is 3.52. The van der Waals surface area contributed by atoms with Crippen molar-refractivity contribution < 1.29 is 9.47 Å². The van der Waals surface area contributed by atoms with E-state index in [1.165, 1.54) is 0 Å². The number of aromatic nitrogens is 3. The van der Waals surface area contributed by atoms with Gasteiger partial charge >= 0.3 is 0 Å². The summed E-state index contributed by atoms with van der Waals surface area (Å²) in [5, 5.41) is 0. The zero-order valence-corrected chi connectivity index (χ0v) is 17.5. The maximum Gasteiger partial charge on any atom is 0.255 e. The molecule has 1 aliphatic rings. The van der Waals surface area contributed by atoms with E-state index >= 15 is 0 Å². The van der Waals surface area contributed by atoms with Crippen LogP contribution in [-0.2, 0) is 19.5 Å². The highest BCUT2D eigenvalue weighted by atomic mass is 16.5. The van der Waals surface area contributed by atoms with Gasteiger partial charge in [0.25, 0.3) is 5.56 Å². The molecule has 3 heterocycles. The second kappa shape index (κ2) is 8.67. The Labute approximate surface area is 175 Å². The highest BCUT2D eigenvalue weighted by molar-refractivity contribution is 5.54. The summed E-state index contributed by atoms with van der Waals surface area (Å²) >= 11 is 0. The normalized spacial score (nSPS) is 13.9. The first kappa shape index (κ1) is 20.1. The molecule has 0 aliphatic carbocycles. The largest absolute Gasteiger partial charge is 0.493 e. The fourth-order valence-corrected chi connectivity index (χ4v) is 3.68. The zero-order chi connectivity index (χ0) is 21.1. The third kappa shape index (κ3) is 4.36. The number of aromatic amines is 1. The Bertz CT molecular complexity index is 1080. The van der Waals surface area contributed by atoms with E-state index in [9.17, 15) is 4.79 Å². The molecule has 0 bridgehead atoms. The monoisotopic (exact) mass is 406 g/mol. The van der Waals surface area contributed by atoms with Crippen LogP contribution in [0.15, 0.2) is 47.5 Å². The lowest BCUT2D eigenvalue weighted by Gasteiger charge is -2.28. The average Bonchev–Trinajstić information content (AvgIpc) is 2.75. The van der Waals surface area contributed by atoms with Crippen LogP contribution in [0.3, 0.4) is 0 Å². The molecule has 7 heteroatoms. The molecule has 2 aromatic heterocycles. The minimum Gasteiger partial charge on any atom is -0.493 e. The summed E-state index contributed by atoms with van der Waals surface area (Å²) in [7, 11) is 1.65. The molecule has 30 heavy (non-hydrogen) atoms. The maximum atomic E-state index is 12.7. The Kier molecular flexibility index (Phi) is 5.81. The standard InChI is InChI=1S/C23H26N4O3/c1-15(2)30-20-5-4-16(12-21(20)29-3)13-27-11-8-19-18(14-27)23(28)26-22(25-19)17-6-9-24-10-7-17/h4-7,9-10,12,15H,8,11,13-14H2,1-3H3,(H,25,26,28). The number of methoxy groups -OCH3 is 1. The molecule has 0 fully saturated rings. The first-order valence-corrected chi connectivity index (χ1v) is 10.1. The van der Waals surface area contributed by atoms with Crippen LogP contribution in [0.5, 0.6) is 11.5 Å². The molecule has 3 aromatic rings. The second-order valence-corrected chi connectivity index (χ2v) is 7.69. The van der Waals surface area contributed by atoms with Gasteiger partial charge in [0.1, 0.15) is 5.82 Å². The van der Waals surface area contributed by atoms with Crippen molar-refractivity contribution in [1.29, 1.82) is 0 Å². The van der Waals surface area contributed by atoms with E-state index < -0.39 is 0 Å². The molecule has 0 saturated carbocycles. The van der Waals surface area contributed by atoms with Crippen molar-refractivity contribution >= 4 is 0 Å². The quantitative estimate of drug-likeness (QED) is 0.677. The number of pyridine rings is 1. The van der Waals surface area contributed by atoms with E-state index in [0.29, 0.717) is 12.4 Å². The molecule has 0 unspecified atom stereocenters. The van der Waals surface area contributed by atoms with E-state index in [1.807, 2.05) is 44.2 Å². The van der Waals surface area contributed by atoms with Crippen LogP contribution < -0.4 is 15.0 Å². The predicted molar refractivity (Wildman–Crippen MR) is 115 cm³/mol. The van der Waals surface area contributed by atoms with Crippen LogP contribution in [0, 0.1) is 0 Å². The van der Waals surface area contributed by atoms with Gasteiger partial charge in [0, 0.05) is 44.0 Å². The topological polar surface area (TPSA) is 80.3 Å². The highest BCUT2D eigenvalue weighted by Gasteiger charge is 2.22. The number of benzene rings is 1. The van der Waals surface area contributed by atoms with Gasteiger partial charge < -0.3 is 14.5 Å². The molecule has 1 N–H and O–H groups in total. The van der Waals surface area contributed by atoms with Gasteiger partial charge in [0.05, 0.1) is 24.5 Å². The van der Waals surface area contributed by atoms with Crippen molar-refractivity contribution in [3.05, 3.63) is 69.9 Å². The number of ether oxygens (including phenoxy) is 2. The van der Waals surface area contributed by atoms with E-state index in [2.05, 4.69) is 14.9 Å². The van der Waals surface area contributed by atoms with E-state index in [1.54, 1.807) is 19.5 Å². The van der Waals surface area contributed by atoms with Crippen LogP contribution in [0.1, 0.15) is 30.7 Å². The summed E-state index contributed by atoms with van der Waals surface area (Å²) < 4.78 is 11.3. The number of rotatable bonds is 6. The van der Waals surface area contributed by atoms with Gasteiger partial charge in [-0.3, -0.25) is 14.7 Å². The SMILES string of the molecule is COc1cc(CN2CCc3nc(-c4ccncc4)[nH]c(=O)c3C2)ccc1OC(C)C.